The van der Waals surface area contributed by atoms with E-state index in [1.54, 1.807) is 12.1 Å². The summed E-state index contributed by atoms with van der Waals surface area (Å²) in [4.78, 5) is 3.91. The maximum Gasteiger partial charge on any atom is 0.166 e. The molecule has 0 spiro atoms. The third-order valence-corrected chi connectivity index (χ3v) is 9.70. The topological polar surface area (TPSA) is 57.2 Å². The van der Waals surface area contributed by atoms with Crippen LogP contribution in [-0.4, -0.2) is 13.0 Å². The van der Waals surface area contributed by atoms with Crippen molar-refractivity contribution in [2.24, 2.45) is 0 Å². The van der Waals surface area contributed by atoms with Crippen LogP contribution in [0.1, 0.15) is 5.56 Å². The molecule has 0 saturated heterocycles. The van der Waals surface area contributed by atoms with Crippen molar-refractivity contribution in [2.75, 3.05) is 0 Å². The summed E-state index contributed by atoms with van der Waals surface area (Å²) in [6, 6.07) is 32.4. The fourth-order valence-corrected chi connectivity index (χ4v) is 6.41. The molecule has 0 N–H and O–H groups in total. The standard InChI is InChI=1S/C18H12I3S.C7H8O3S/c19-13-1-7-16(8-2-13)22(17-9-3-14(20)4-10-17)18-11-5-15(21)6-12-18;1-6-2-4-7(5-3-6)11(8,9)10/h1-12H;2-5H,1H3,(H,8,9,10)/q+1;/p-1. The highest BCUT2D eigenvalue weighted by molar-refractivity contribution is 14.1. The van der Waals surface area contributed by atoms with Gasteiger partial charge in [0.25, 0.3) is 0 Å². The van der Waals surface area contributed by atoms with Gasteiger partial charge in [0.15, 0.2) is 14.7 Å². The van der Waals surface area contributed by atoms with Crippen molar-refractivity contribution < 1.29 is 13.0 Å². The molecule has 0 atom stereocenters. The molecule has 3 nitrogen and oxygen atoms in total. The molecule has 4 aromatic carbocycles. The summed E-state index contributed by atoms with van der Waals surface area (Å²) in [7, 11) is -4.32. The number of hydrogen-bond acceptors (Lipinski definition) is 3. The first-order chi connectivity index (χ1) is 15.6. The summed E-state index contributed by atoms with van der Waals surface area (Å²) in [5.41, 5.74) is 0.928. The summed E-state index contributed by atoms with van der Waals surface area (Å²) in [6.07, 6.45) is 0. The summed E-state index contributed by atoms with van der Waals surface area (Å²) >= 11 is 7.08. The second kappa shape index (κ2) is 12.3. The van der Waals surface area contributed by atoms with Crippen LogP contribution >= 0.6 is 67.8 Å². The molecule has 0 amide bonds. The number of halogens is 3. The molecular formula is C25H19I3O3S2. The van der Waals surface area contributed by atoms with Crippen LogP contribution in [0.3, 0.4) is 0 Å². The van der Waals surface area contributed by atoms with E-state index in [1.807, 2.05) is 6.92 Å². The minimum absolute atomic E-state index is 0.0494. The van der Waals surface area contributed by atoms with Crippen molar-refractivity contribution in [3.63, 3.8) is 0 Å². The van der Waals surface area contributed by atoms with Crippen molar-refractivity contribution in [1.82, 2.24) is 0 Å². The van der Waals surface area contributed by atoms with Crippen LogP contribution in [0.4, 0.5) is 0 Å². The summed E-state index contributed by atoms with van der Waals surface area (Å²) in [5.74, 6) is 0. The predicted octanol–water partition coefficient (Wildman–Crippen LogP) is 7.49. The van der Waals surface area contributed by atoms with E-state index in [0.717, 1.165) is 5.56 Å². The number of benzene rings is 4. The fourth-order valence-electron chi connectivity index (χ4n) is 2.83. The fraction of sp³-hybridized carbons (Fsp3) is 0.0400. The third kappa shape index (κ3) is 8.20. The van der Waals surface area contributed by atoms with Gasteiger partial charge in [-0.15, -0.1) is 0 Å². The Balaban J connectivity index is 0.000000235. The first-order valence-electron chi connectivity index (χ1n) is 9.67. The second-order valence-electron chi connectivity index (χ2n) is 6.94. The van der Waals surface area contributed by atoms with Crippen LogP contribution in [0.2, 0.25) is 0 Å². The van der Waals surface area contributed by atoms with Crippen LogP contribution in [-0.2, 0) is 21.0 Å². The second-order valence-corrected chi connectivity index (χ2v) is 14.1. The normalized spacial score (nSPS) is 11.1. The Morgan fingerprint density at radius 2 is 0.879 bits per heavy atom. The minimum Gasteiger partial charge on any atom is -0.744 e. The molecule has 0 bridgehead atoms. The van der Waals surface area contributed by atoms with E-state index in [4.69, 9.17) is 0 Å². The van der Waals surface area contributed by atoms with Gasteiger partial charge in [-0.2, -0.15) is 0 Å². The van der Waals surface area contributed by atoms with E-state index in [-0.39, 0.29) is 15.8 Å². The van der Waals surface area contributed by atoms with Gasteiger partial charge in [0, 0.05) is 10.7 Å². The summed E-state index contributed by atoms with van der Waals surface area (Å²) in [5, 5.41) is 0. The molecule has 0 fully saturated rings. The molecule has 0 aliphatic heterocycles. The Bertz CT molecular complexity index is 1180. The SMILES string of the molecule is Cc1ccc(S(=O)(=O)[O-])cc1.Ic1ccc([S+](c2ccc(I)cc2)c2ccc(I)cc2)cc1. The minimum atomic E-state index is -4.27. The van der Waals surface area contributed by atoms with Crippen molar-refractivity contribution in [2.45, 2.75) is 26.5 Å². The zero-order chi connectivity index (χ0) is 24.0. The molecule has 0 radical (unpaired) electrons. The van der Waals surface area contributed by atoms with Gasteiger partial charge in [0.2, 0.25) is 0 Å². The molecule has 4 rings (SSSR count). The summed E-state index contributed by atoms with van der Waals surface area (Å²) < 4.78 is 35.0. The van der Waals surface area contributed by atoms with Crippen LogP contribution in [0.5, 0.6) is 0 Å². The molecule has 0 heterocycles. The first kappa shape index (κ1) is 26.9. The van der Waals surface area contributed by atoms with Crippen molar-refractivity contribution >= 4 is 88.8 Å². The lowest BCUT2D eigenvalue weighted by atomic mass is 10.2. The van der Waals surface area contributed by atoms with Gasteiger partial charge in [-0.05, 0) is 160 Å². The maximum absolute atomic E-state index is 10.4. The summed E-state index contributed by atoms with van der Waals surface area (Å²) in [6.45, 7) is 1.82. The van der Waals surface area contributed by atoms with Gasteiger partial charge >= 0.3 is 0 Å². The highest BCUT2D eigenvalue weighted by Crippen LogP contribution is 2.32. The molecule has 0 aliphatic carbocycles. The van der Waals surface area contributed by atoms with Crippen molar-refractivity contribution in [1.29, 1.82) is 0 Å². The lowest BCUT2D eigenvalue weighted by Gasteiger charge is -2.08. The molecule has 0 aromatic heterocycles. The van der Waals surface area contributed by atoms with Gasteiger partial charge in [-0.1, -0.05) is 17.7 Å². The Morgan fingerprint density at radius 1 is 0.576 bits per heavy atom. The van der Waals surface area contributed by atoms with Crippen molar-refractivity contribution in [3.05, 3.63) is 113 Å². The van der Waals surface area contributed by atoms with Crippen molar-refractivity contribution in [3.8, 4) is 0 Å². The molecule has 0 aliphatic rings. The van der Waals surface area contributed by atoms with E-state index >= 15 is 0 Å². The van der Waals surface area contributed by atoms with E-state index in [9.17, 15) is 13.0 Å². The molecule has 0 saturated carbocycles. The van der Waals surface area contributed by atoms with Gasteiger partial charge in [-0.3, -0.25) is 0 Å². The molecule has 4 aromatic rings. The van der Waals surface area contributed by atoms with E-state index in [0.29, 0.717) is 0 Å². The predicted molar refractivity (Wildman–Crippen MR) is 159 cm³/mol. The van der Waals surface area contributed by atoms with Gasteiger partial charge in [0.05, 0.1) is 15.8 Å². The van der Waals surface area contributed by atoms with Gasteiger partial charge in [0.1, 0.15) is 10.1 Å². The smallest absolute Gasteiger partial charge is 0.166 e. The maximum atomic E-state index is 10.4. The van der Waals surface area contributed by atoms with Crippen LogP contribution < -0.4 is 0 Å². The first-order valence-corrected chi connectivity index (χ1v) is 15.5. The van der Waals surface area contributed by atoms with Crippen LogP contribution in [0.25, 0.3) is 0 Å². The Morgan fingerprint density at radius 3 is 1.15 bits per heavy atom. The van der Waals surface area contributed by atoms with Gasteiger partial charge < -0.3 is 4.55 Å². The molecular weight excluding hydrogens is 793 g/mol. The number of aryl methyl sites for hydroxylation is 1. The zero-order valence-corrected chi connectivity index (χ0v) is 25.5. The number of hydrogen-bond donors (Lipinski definition) is 0. The largest absolute Gasteiger partial charge is 0.744 e. The quantitative estimate of drug-likeness (QED) is 0.122. The Labute approximate surface area is 238 Å². The Kier molecular flexibility index (Phi) is 10.1. The van der Waals surface area contributed by atoms with Gasteiger partial charge in [-0.25, -0.2) is 8.42 Å². The molecule has 170 valence electrons. The van der Waals surface area contributed by atoms with E-state index in [1.165, 1.54) is 37.5 Å². The van der Waals surface area contributed by atoms with Crippen LogP contribution in [0, 0.1) is 17.6 Å². The van der Waals surface area contributed by atoms with E-state index < -0.39 is 10.1 Å². The average molecular weight is 812 g/mol. The van der Waals surface area contributed by atoms with Crippen LogP contribution in [0.15, 0.2) is 117 Å². The highest BCUT2D eigenvalue weighted by Gasteiger charge is 2.28. The molecule has 33 heavy (non-hydrogen) atoms. The lowest BCUT2D eigenvalue weighted by molar-refractivity contribution is 0.463. The highest BCUT2D eigenvalue weighted by atomic mass is 127. The molecule has 0 unspecified atom stereocenters. The Hall–Kier alpha value is -0.670. The third-order valence-electron chi connectivity index (χ3n) is 4.46. The molecule has 8 heteroatoms. The lowest BCUT2D eigenvalue weighted by Crippen LogP contribution is -2.05. The van der Waals surface area contributed by atoms with E-state index in [2.05, 4.69) is 141 Å². The average Bonchev–Trinajstić information content (AvgIpc) is 2.78. The zero-order valence-electron chi connectivity index (χ0n) is 17.4. The number of rotatable bonds is 4. The monoisotopic (exact) mass is 812 g/mol.